The molecule has 29 heavy (non-hydrogen) atoms. The molecule has 0 fully saturated rings. The van der Waals surface area contributed by atoms with Gasteiger partial charge in [-0.05, 0) is 65.2 Å². The number of halogens is 2. The lowest BCUT2D eigenvalue weighted by Gasteiger charge is -2.20. The van der Waals surface area contributed by atoms with Crippen molar-refractivity contribution in [3.63, 3.8) is 0 Å². The maximum Gasteiger partial charge on any atom is 0.325 e. The summed E-state index contributed by atoms with van der Waals surface area (Å²) < 4.78 is 23.6. The van der Waals surface area contributed by atoms with Crippen molar-refractivity contribution in [3.8, 4) is 0 Å². The Labute approximate surface area is 174 Å². The summed E-state index contributed by atoms with van der Waals surface area (Å²) in [6.45, 7) is 4.97. The number of nitrogens with one attached hydrogen (secondary N) is 1. The first kappa shape index (κ1) is 22.3. The van der Waals surface area contributed by atoms with Crippen molar-refractivity contribution < 1.29 is 28.2 Å². The number of carbonyl (C=O) groups is 2. The summed E-state index contributed by atoms with van der Waals surface area (Å²) >= 11 is 3.06. The molecule has 0 unspecified atom stereocenters. The van der Waals surface area contributed by atoms with Gasteiger partial charge in [-0.25, -0.2) is 9.02 Å². The molecule has 1 aromatic carbocycles. The van der Waals surface area contributed by atoms with Gasteiger partial charge in [0.1, 0.15) is 25.1 Å². The number of hydrogen-bond donors (Lipinski definition) is 1. The minimum absolute atomic E-state index is 0.0112. The Morgan fingerprint density at radius 2 is 2.14 bits per heavy atom. The van der Waals surface area contributed by atoms with E-state index in [4.69, 9.17) is 14.2 Å². The monoisotopic (exact) mass is 471 g/mol. The molecular weight excluding hydrogens is 453 g/mol. The van der Waals surface area contributed by atoms with E-state index < -0.39 is 17.4 Å². The molecule has 1 N–H and O–H groups in total. The fourth-order valence-corrected chi connectivity index (χ4v) is 2.51. The molecule has 1 heterocycles. The molecule has 0 saturated carbocycles. The number of esters is 1. The van der Waals surface area contributed by atoms with Crippen LogP contribution in [0.15, 0.2) is 32.5 Å². The zero-order chi connectivity index (χ0) is 21.6. The number of aromatic nitrogens is 2. The SMILES string of the molecule is CO/N=C(/c1nonc1NCC(=O)OC(C)(C)C)N(C=O)c1ccc(F)c(Br)c1. The quantitative estimate of drug-likeness (QED) is 0.215. The Morgan fingerprint density at radius 3 is 2.72 bits per heavy atom. The number of amidine groups is 1. The molecule has 0 spiro atoms. The minimum Gasteiger partial charge on any atom is -0.459 e. The second kappa shape index (κ2) is 9.45. The van der Waals surface area contributed by atoms with Crippen LogP contribution in [0, 0.1) is 5.82 Å². The van der Waals surface area contributed by atoms with Crippen molar-refractivity contribution in [2.24, 2.45) is 5.16 Å². The highest BCUT2D eigenvalue weighted by atomic mass is 79.9. The molecule has 0 aliphatic carbocycles. The van der Waals surface area contributed by atoms with Crippen LogP contribution in [0.1, 0.15) is 26.5 Å². The number of amides is 1. The van der Waals surface area contributed by atoms with Gasteiger partial charge in [-0.1, -0.05) is 5.16 Å². The maximum atomic E-state index is 13.5. The molecule has 0 bridgehead atoms. The topological polar surface area (TPSA) is 119 Å². The van der Waals surface area contributed by atoms with Gasteiger partial charge in [0.05, 0.1) is 10.2 Å². The molecule has 10 nitrogen and oxygen atoms in total. The highest BCUT2D eigenvalue weighted by molar-refractivity contribution is 9.10. The molecule has 0 atom stereocenters. The highest BCUT2D eigenvalue weighted by Gasteiger charge is 2.26. The molecule has 0 saturated heterocycles. The predicted octanol–water partition coefficient (Wildman–Crippen LogP) is 2.70. The average Bonchev–Trinajstić information content (AvgIpc) is 3.09. The lowest BCUT2D eigenvalue weighted by atomic mass is 10.2. The van der Waals surface area contributed by atoms with Crippen LogP contribution in [0.2, 0.25) is 0 Å². The highest BCUT2D eigenvalue weighted by Crippen LogP contribution is 2.25. The van der Waals surface area contributed by atoms with Crippen LogP contribution in [-0.4, -0.2) is 47.8 Å². The second-order valence-corrected chi connectivity index (χ2v) is 7.43. The van der Waals surface area contributed by atoms with Gasteiger partial charge in [0.15, 0.2) is 5.69 Å². The van der Waals surface area contributed by atoms with Gasteiger partial charge < -0.3 is 14.9 Å². The minimum atomic E-state index is -0.656. The van der Waals surface area contributed by atoms with Gasteiger partial charge in [-0.15, -0.1) is 0 Å². The lowest BCUT2D eigenvalue weighted by molar-refractivity contribution is -0.152. The zero-order valence-corrected chi connectivity index (χ0v) is 17.7. The van der Waals surface area contributed by atoms with Gasteiger partial charge in [0.25, 0.3) is 0 Å². The third-order valence-corrected chi connectivity index (χ3v) is 3.82. The predicted molar refractivity (Wildman–Crippen MR) is 105 cm³/mol. The average molecular weight is 472 g/mol. The number of benzene rings is 1. The Bertz CT molecular complexity index is 912. The normalized spacial score (nSPS) is 11.7. The van der Waals surface area contributed by atoms with E-state index in [0.717, 1.165) is 4.90 Å². The maximum absolute atomic E-state index is 13.5. The van der Waals surface area contributed by atoms with E-state index in [9.17, 15) is 14.0 Å². The Kier molecular flexibility index (Phi) is 7.26. The van der Waals surface area contributed by atoms with Gasteiger partial charge in [-0.2, -0.15) is 0 Å². The van der Waals surface area contributed by atoms with E-state index in [1.54, 1.807) is 20.8 Å². The molecule has 2 rings (SSSR count). The van der Waals surface area contributed by atoms with Crippen molar-refractivity contribution in [1.29, 1.82) is 0 Å². The number of carbonyl (C=O) groups excluding carboxylic acids is 2. The van der Waals surface area contributed by atoms with Crippen molar-refractivity contribution in [3.05, 3.63) is 34.2 Å². The van der Waals surface area contributed by atoms with Crippen molar-refractivity contribution in [2.45, 2.75) is 26.4 Å². The molecule has 0 aliphatic rings. The summed E-state index contributed by atoms with van der Waals surface area (Å²) in [5.74, 6) is -1.12. The summed E-state index contributed by atoms with van der Waals surface area (Å²) in [4.78, 5) is 29.5. The third-order valence-electron chi connectivity index (χ3n) is 3.21. The molecule has 0 radical (unpaired) electrons. The second-order valence-electron chi connectivity index (χ2n) is 6.57. The van der Waals surface area contributed by atoms with E-state index in [1.807, 2.05) is 0 Å². The van der Waals surface area contributed by atoms with E-state index in [0.29, 0.717) is 6.41 Å². The van der Waals surface area contributed by atoms with Crippen LogP contribution in [0.4, 0.5) is 15.9 Å². The Balaban J connectivity index is 2.30. The van der Waals surface area contributed by atoms with Gasteiger partial charge in [0.2, 0.25) is 18.1 Å². The number of hydrogen-bond acceptors (Lipinski definition) is 9. The van der Waals surface area contributed by atoms with E-state index in [2.05, 4.69) is 36.7 Å². The van der Waals surface area contributed by atoms with Crippen LogP contribution in [0.5, 0.6) is 0 Å². The zero-order valence-electron chi connectivity index (χ0n) is 16.1. The van der Waals surface area contributed by atoms with Crippen LogP contribution >= 0.6 is 15.9 Å². The number of ether oxygens (including phenoxy) is 1. The number of oxime groups is 1. The summed E-state index contributed by atoms with van der Waals surface area (Å²) in [5.41, 5.74) is -0.399. The number of rotatable bonds is 7. The first-order valence-electron chi connectivity index (χ1n) is 8.25. The van der Waals surface area contributed by atoms with E-state index in [1.165, 1.54) is 25.3 Å². The number of nitrogens with zero attached hydrogens (tertiary/aromatic N) is 4. The summed E-state index contributed by atoms with van der Waals surface area (Å²) in [6.07, 6.45) is 0.434. The van der Waals surface area contributed by atoms with Crippen molar-refractivity contribution in [1.82, 2.24) is 10.3 Å². The molecular formula is C17H19BrFN5O5. The largest absolute Gasteiger partial charge is 0.459 e. The van der Waals surface area contributed by atoms with Crippen LogP contribution in [-0.2, 0) is 19.2 Å². The summed E-state index contributed by atoms with van der Waals surface area (Å²) in [7, 11) is 1.27. The summed E-state index contributed by atoms with van der Waals surface area (Å²) in [5, 5.41) is 13.9. The van der Waals surface area contributed by atoms with Crippen LogP contribution < -0.4 is 10.2 Å². The van der Waals surface area contributed by atoms with Crippen molar-refractivity contribution in [2.75, 3.05) is 23.9 Å². The molecule has 1 amide bonds. The fourth-order valence-electron chi connectivity index (χ4n) is 2.14. The van der Waals surface area contributed by atoms with Gasteiger partial charge in [-0.3, -0.25) is 14.5 Å². The summed E-state index contributed by atoms with van der Waals surface area (Å²) in [6, 6.07) is 3.90. The fraction of sp³-hybridized carbons (Fsp3) is 0.353. The smallest absolute Gasteiger partial charge is 0.325 e. The third kappa shape index (κ3) is 5.98. The first-order chi connectivity index (χ1) is 13.7. The van der Waals surface area contributed by atoms with Gasteiger partial charge >= 0.3 is 5.97 Å². The number of anilines is 2. The van der Waals surface area contributed by atoms with Crippen LogP contribution in [0.25, 0.3) is 0 Å². The standard InChI is InChI=1S/C17H19BrFN5O5/c1-17(2,3)28-13(26)8-20-15-14(21-29-22-15)16(23-27-4)24(9-25)10-5-6-12(19)11(18)7-10/h5-7,9H,8H2,1-4H3,(H,20,22)/b23-16-. The molecule has 1 aromatic heterocycles. The van der Waals surface area contributed by atoms with E-state index >= 15 is 0 Å². The van der Waals surface area contributed by atoms with E-state index in [-0.39, 0.29) is 34.1 Å². The molecule has 2 aromatic rings. The van der Waals surface area contributed by atoms with Crippen LogP contribution in [0.3, 0.4) is 0 Å². The molecule has 0 aliphatic heterocycles. The Hall–Kier alpha value is -3.02. The Morgan fingerprint density at radius 1 is 1.41 bits per heavy atom. The van der Waals surface area contributed by atoms with Crippen molar-refractivity contribution >= 4 is 45.7 Å². The first-order valence-corrected chi connectivity index (χ1v) is 9.05. The molecule has 156 valence electrons. The van der Waals surface area contributed by atoms with Gasteiger partial charge in [0, 0.05) is 0 Å². The lowest BCUT2D eigenvalue weighted by Crippen LogP contribution is -2.32. The molecule has 12 heteroatoms.